The largest absolute Gasteiger partial charge is 0.453 e. The maximum atomic E-state index is 13.5. The van der Waals surface area contributed by atoms with E-state index in [-0.39, 0.29) is 17.3 Å². The minimum absolute atomic E-state index is 0.146. The number of nitrogens with zero attached hydrogens (tertiary/aromatic N) is 2. The highest BCUT2D eigenvalue weighted by molar-refractivity contribution is 5.94. The lowest BCUT2D eigenvalue weighted by atomic mass is 10.1. The van der Waals surface area contributed by atoms with Crippen molar-refractivity contribution in [2.24, 2.45) is 5.92 Å². The van der Waals surface area contributed by atoms with E-state index in [9.17, 15) is 14.0 Å². The average Bonchev–Trinajstić information content (AvgIpc) is 2.86. The van der Waals surface area contributed by atoms with Crippen LogP contribution in [0.4, 0.5) is 15.8 Å². The number of carbonyl (C=O) groups is 1. The van der Waals surface area contributed by atoms with Crippen LogP contribution >= 0.6 is 0 Å². The second-order valence-corrected chi connectivity index (χ2v) is 8.80. The smallest absolute Gasteiger partial charge is 0.299 e. The number of hydrogen-bond donors (Lipinski definition) is 2. The zero-order valence-electron chi connectivity index (χ0n) is 20.3. The Hall–Kier alpha value is -4.46. The molecule has 0 fully saturated rings. The number of anilines is 2. The van der Waals surface area contributed by atoms with Crippen LogP contribution in [-0.4, -0.2) is 22.2 Å². The Kier molecular flexibility index (Phi) is 7.44. The van der Waals surface area contributed by atoms with Crippen molar-refractivity contribution in [3.63, 3.8) is 0 Å². The van der Waals surface area contributed by atoms with E-state index in [4.69, 9.17) is 4.74 Å². The summed E-state index contributed by atoms with van der Waals surface area (Å²) in [5, 5.41) is 10.2. The molecule has 0 aliphatic carbocycles. The molecule has 1 amide bonds. The quantitative estimate of drug-likeness (QED) is 0.339. The van der Waals surface area contributed by atoms with Crippen molar-refractivity contribution in [2.75, 3.05) is 11.9 Å². The number of benzene rings is 3. The van der Waals surface area contributed by atoms with Crippen LogP contribution in [0.25, 0.3) is 5.69 Å². The van der Waals surface area contributed by atoms with Gasteiger partial charge >= 0.3 is 0 Å². The van der Waals surface area contributed by atoms with Gasteiger partial charge in [-0.15, -0.1) is 0 Å². The molecule has 184 valence electrons. The molecule has 0 saturated heterocycles. The van der Waals surface area contributed by atoms with Gasteiger partial charge in [-0.05, 0) is 79.1 Å². The van der Waals surface area contributed by atoms with Crippen molar-refractivity contribution in [1.29, 1.82) is 0 Å². The van der Waals surface area contributed by atoms with Crippen LogP contribution in [0.2, 0.25) is 0 Å². The molecule has 8 heteroatoms. The maximum Gasteiger partial charge on any atom is 0.299 e. The monoisotopic (exact) mass is 486 g/mol. The molecule has 3 aromatic carbocycles. The summed E-state index contributed by atoms with van der Waals surface area (Å²) in [5.41, 5.74) is 2.16. The van der Waals surface area contributed by atoms with Crippen molar-refractivity contribution in [2.45, 2.75) is 20.8 Å². The molecule has 7 nitrogen and oxygen atoms in total. The average molecular weight is 487 g/mol. The van der Waals surface area contributed by atoms with Crippen molar-refractivity contribution < 1.29 is 13.9 Å². The minimum atomic E-state index is -0.481. The van der Waals surface area contributed by atoms with Crippen LogP contribution < -0.4 is 20.9 Å². The van der Waals surface area contributed by atoms with Crippen LogP contribution in [0.3, 0.4) is 0 Å². The van der Waals surface area contributed by atoms with Gasteiger partial charge in [0.05, 0.1) is 11.9 Å². The lowest BCUT2D eigenvalue weighted by Crippen LogP contribution is -2.27. The molecule has 2 N–H and O–H groups in total. The fraction of sp³-hybridized carbons (Fsp3) is 0.179. The molecular formula is C28H27FN4O3. The van der Waals surface area contributed by atoms with Crippen molar-refractivity contribution in [3.8, 4) is 17.2 Å². The van der Waals surface area contributed by atoms with Crippen LogP contribution in [0, 0.1) is 18.7 Å². The van der Waals surface area contributed by atoms with Crippen LogP contribution in [-0.2, 0) is 0 Å². The molecule has 0 bridgehead atoms. The molecule has 36 heavy (non-hydrogen) atoms. The third-order valence-corrected chi connectivity index (χ3v) is 5.32. The van der Waals surface area contributed by atoms with Crippen molar-refractivity contribution in [3.05, 3.63) is 106 Å². The molecule has 0 aliphatic heterocycles. The van der Waals surface area contributed by atoms with Crippen LogP contribution in [0.1, 0.15) is 29.8 Å². The summed E-state index contributed by atoms with van der Waals surface area (Å²) in [5.74, 6) is 0.540. The summed E-state index contributed by atoms with van der Waals surface area (Å²) in [6.07, 6.45) is 1.43. The number of rotatable bonds is 8. The van der Waals surface area contributed by atoms with Crippen LogP contribution in [0.5, 0.6) is 11.5 Å². The van der Waals surface area contributed by atoms with Gasteiger partial charge in [0.25, 0.3) is 11.5 Å². The SMILES string of the molecule is Cc1cccc(Oc2cnn(-c3ccc(F)cc3)c(=O)c2Nc2ccc(C(=O)NCC(C)C)cc2)c1. The number of aromatic nitrogens is 2. The predicted octanol–water partition coefficient (Wildman–Crippen LogP) is 5.60. The fourth-order valence-electron chi connectivity index (χ4n) is 3.45. The highest BCUT2D eigenvalue weighted by Gasteiger charge is 2.16. The number of halogens is 1. The van der Waals surface area contributed by atoms with Crippen LogP contribution in [0.15, 0.2) is 83.8 Å². The van der Waals surface area contributed by atoms with E-state index in [1.807, 2.05) is 39.0 Å². The van der Waals surface area contributed by atoms with Gasteiger partial charge in [0.1, 0.15) is 11.6 Å². The Balaban J connectivity index is 1.68. The minimum Gasteiger partial charge on any atom is -0.453 e. The maximum absolute atomic E-state index is 13.5. The van der Waals surface area contributed by atoms with Gasteiger partial charge < -0.3 is 15.4 Å². The first-order chi connectivity index (χ1) is 17.3. The first kappa shape index (κ1) is 24.7. The molecule has 0 saturated carbocycles. The van der Waals surface area contributed by atoms with E-state index < -0.39 is 11.4 Å². The van der Waals surface area contributed by atoms with E-state index in [0.717, 1.165) is 5.56 Å². The molecule has 4 aromatic rings. The van der Waals surface area contributed by atoms with Crippen molar-refractivity contribution >= 4 is 17.3 Å². The van der Waals surface area contributed by atoms with E-state index in [0.29, 0.717) is 35.2 Å². The Morgan fingerprint density at radius 3 is 2.44 bits per heavy atom. The molecule has 1 heterocycles. The molecule has 0 radical (unpaired) electrons. The van der Waals surface area contributed by atoms with E-state index in [1.54, 1.807) is 30.3 Å². The van der Waals surface area contributed by atoms with E-state index >= 15 is 0 Å². The molecule has 0 aliphatic rings. The standard InChI is InChI=1S/C28H27FN4O3/c1-18(2)16-30-27(34)20-7-11-22(12-8-20)32-26-25(36-24-6-4-5-19(3)15-24)17-31-33(28(26)35)23-13-9-21(29)10-14-23/h4-15,17-18,32H,16H2,1-3H3,(H,30,34). The summed E-state index contributed by atoms with van der Waals surface area (Å²) in [6, 6.07) is 19.7. The van der Waals surface area contributed by atoms with Crippen molar-refractivity contribution in [1.82, 2.24) is 15.1 Å². The van der Waals surface area contributed by atoms with Gasteiger partial charge in [-0.2, -0.15) is 9.78 Å². The summed E-state index contributed by atoms with van der Waals surface area (Å²) < 4.78 is 20.6. The third-order valence-electron chi connectivity index (χ3n) is 5.32. The predicted molar refractivity (Wildman–Crippen MR) is 138 cm³/mol. The lowest BCUT2D eigenvalue weighted by molar-refractivity contribution is 0.0949. The normalized spacial score (nSPS) is 10.8. The molecule has 0 unspecified atom stereocenters. The molecular weight excluding hydrogens is 459 g/mol. The first-order valence-corrected chi connectivity index (χ1v) is 11.6. The Morgan fingerprint density at radius 1 is 1.06 bits per heavy atom. The number of carbonyl (C=O) groups excluding carboxylic acids is 1. The number of nitrogens with one attached hydrogen (secondary N) is 2. The second kappa shape index (κ2) is 10.9. The Morgan fingerprint density at radius 2 is 1.78 bits per heavy atom. The summed E-state index contributed by atoms with van der Waals surface area (Å²) >= 11 is 0. The zero-order chi connectivity index (χ0) is 25.7. The number of amides is 1. The molecule has 4 rings (SSSR count). The van der Waals surface area contributed by atoms with E-state index in [2.05, 4.69) is 15.7 Å². The van der Waals surface area contributed by atoms with Gasteiger partial charge in [-0.3, -0.25) is 9.59 Å². The number of ether oxygens (including phenoxy) is 1. The lowest BCUT2D eigenvalue weighted by Gasteiger charge is -2.15. The second-order valence-electron chi connectivity index (χ2n) is 8.80. The van der Waals surface area contributed by atoms with Gasteiger partial charge in [-0.1, -0.05) is 26.0 Å². The number of hydrogen-bond acceptors (Lipinski definition) is 5. The Labute approximate surface area is 208 Å². The van der Waals surface area contributed by atoms with Gasteiger partial charge in [0.2, 0.25) is 0 Å². The summed E-state index contributed by atoms with van der Waals surface area (Å²) in [7, 11) is 0. The fourth-order valence-corrected chi connectivity index (χ4v) is 3.45. The van der Waals surface area contributed by atoms with Gasteiger partial charge in [0.15, 0.2) is 11.4 Å². The molecule has 0 spiro atoms. The topological polar surface area (TPSA) is 85.2 Å². The van der Waals surface area contributed by atoms with E-state index in [1.165, 1.54) is 35.1 Å². The third kappa shape index (κ3) is 5.96. The summed E-state index contributed by atoms with van der Waals surface area (Å²) in [4.78, 5) is 25.8. The summed E-state index contributed by atoms with van der Waals surface area (Å²) in [6.45, 7) is 6.57. The molecule has 0 atom stereocenters. The Bertz CT molecular complexity index is 1410. The highest BCUT2D eigenvalue weighted by atomic mass is 19.1. The molecule has 1 aromatic heterocycles. The highest BCUT2D eigenvalue weighted by Crippen LogP contribution is 2.29. The first-order valence-electron chi connectivity index (χ1n) is 11.6. The zero-order valence-corrected chi connectivity index (χ0v) is 20.3. The van der Waals surface area contributed by atoms with Gasteiger partial charge in [-0.25, -0.2) is 4.39 Å². The van der Waals surface area contributed by atoms with Gasteiger partial charge in [0, 0.05) is 17.8 Å². The number of aryl methyl sites for hydroxylation is 1.